The van der Waals surface area contributed by atoms with E-state index >= 15 is 0 Å². The summed E-state index contributed by atoms with van der Waals surface area (Å²) in [6.45, 7) is 2.54. The number of nitrogens with one attached hydrogen (secondary N) is 1. The highest BCUT2D eigenvalue weighted by Crippen LogP contribution is 2.12. The molecule has 1 atom stereocenters. The standard InChI is InChI=1S/C9H14FN3/c10-5-9-2-4-12-13(9)7-8-1-3-11-6-8/h2,4,8,11H,1,3,5-7H2. The molecule has 1 aromatic rings. The van der Waals surface area contributed by atoms with Gasteiger partial charge < -0.3 is 5.32 Å². The van der Waals surface area contributed by atoms with Gasteiger partial charge in [0.1, 0.15) is 6.67 Å². The van der Waals surface area contributed by atoms with E-state index in [-0.39, 0.29) is 0 Å². The lowest BCUT2D eigenvalue weighted by Gasteiger charge is -2.09. The minimum absolute atomic E-state index is 0.417. The lowest BCUT2D eigenvalue weighted by molar-refractivity contribution is 0.400. The molecule has 1 fully saturated rings. The van der Waals surface area contributed by atoms with Gasteiger partial charge in [-0.1, -0.05) is 0 Å². The molecular formula is C9H14FN3. The second-order valence-electron chi connectivity index (χ2n) is 3.50. The Balaban J connectivity index is 1.99. The molecule has 3 nitrogen and oxygen atoms in total. The summed E-state index contributed by atoms with van der Waals surface area (Å²) in [6.07, 6.45) is 2.84. The molecule has 0 radical (unpaired) electrons. The van der Waals surface area contributed by atoms with Gasteiger partial charge in [0.05, 0.1) is 5.69 Å². The zero-order chi connectivity index (χ0) is 9.10. The van der Waals surface area contributed by atoms with Crippen LogP contribution in [0.3, 0.4) is 0 Å². The molecule has 4 heteroatoms. The molecule has 0 spiro atoms. The van der Waals surface area contributed by atoms with Crippen LogP contribution in [0.15, 0.2) is 12.3 Å². The van der Waals surface area contributed by atoms with Crippen LogP contribution in [0.1, 0.15) is 12.1 Å². The van der Waals surface area contributed by atoms with Gasteiger partial charge in [-0.05, 0) is 31.5 Å². The summed E-state index contributed by atoms with van der Waals surface area (Å²) in [4.78, 5) is 0. The molecule has 72 valence electrons. The van der Waals surface area contributed by atoms with Crippen LogP contribution in [0.2, 0.25) is 0 Å². The van der Waals surface area contributed by atoms with Gasteiger partial charge >= 0.3 is 0 Å². The highest BCUT2D eigenvalue weighted by atomic mass is 19.1. The molecule has 1 aliphatic rings. The second kappa shape index (κ2) is 3.87. The van der Waals surface area contributed by atoms with E-state index in [0.717, 1.165) is 19.6 Å². The van der Waals surface area contributed by atoms with E-state index in [4.69, 9.17) is 0 Å². The van der Waals surface area contributed by atoms with Gasteiger partial charge in [-0.15, -0.1) is 0 Å². The van der Waals surface area contributed by atoms with E-state index < -0.39 is 6.67 Å². The van der Waals surface area contributed by atoms with Crippen LogP contribution < -0.4 is 5.32 Å². The molecule has 1 unspecified atom stereocenters. The van der Waals surface area contributed by atoms with Crippen molar-refractivity contribution in [2.45, 2.75) is 19.6 Å². The van der Waals surface area contributed by atoms with Crippen LogP contribution in [-0.4, -0.2) is 22.9 Å². The zero-order valence-corrected chi connectivity index (χ0v) is 7.54. The smallest absolute Gasteiger partial charge is 0.131 e. The van der Waals surface area contributed by atoms with Gasteiger partial charge in [-0.3, -0.25) is 4.68 Å². The van der Waals surface area contributed by atoms with Crippen LogP contribution in [-0.2, 0) is 13.2 Å². The monoisotopic (exact) mass is 183 g/mol. The fourth-order valence-corrected chi connectivity index (χ4v) is 1.75. The maximum Gasteiger partial charge on any atom is 0.131 e. The quantitative estimate of drug-likeness (QED) is 0.756. The van der Waals surface area contributed by atoms with E-state index in [2.05, 4.69) is 10.4 Å². The van der Waals surface area contributed by atoms with Crippen molar-refractivity contribution in [3.63, 3.8) is 0 Å². The summed E-state index contributed by atoms with van der Waals surface area (Å²) in [7, 11) is 0. The fraction of sp³-hybridized carbons (Fsp3) is 0.667. The van der Waals surface area contributed by atoms with Crippen LogP contribution in [0, 0.1) is 5.92 Å². The number of halogens is 1. The molecule has 2 heterocycles. The molecule has 1 N–H and O–H groups in total. The van der Waals surface area contributed by atoms with Crippen molar-refractivity contribution < 1.29 is 4.39 Å². The van der Waals surface area contributed by atoms with Crippen molar-refractivity contribution in [2.75, 3.05) is 13.1 Å². The van der Waals surface area contributed by atoms with Crippen molar-refractivity contribution in [2.24, 2.45) is 5.92 Å². The van der Waals surface area contributed by atoms with E-state index in [1.807, 2.05) is 0 Å². The Morgan fingerprint density at radius 1 is 1.69 bits per heavy atom. The number of aromatic nitrogens is 2. The average Bonchev–Trinajstić information content (AvgIpc) is 2.76. The Bertz CT molecular complexity index is 266. The summed E-state index contributed by atoms with van der Waals surface area (Å²) in [6, 6.07) is 1.74. The summed E-state index contributed by atoms with van der Waals surface area (Å²) < 4.78 is 14.2. The first kappa shape index (κ1) is 8.69. The van der Waals surface area contributed by atoms with Crippen LogP contribution >= 0.6 is 0 Å². The number of hydrogen-bond acceptors (Lipinski definition) is 2. The maximum absolute atomic E-state index is 12.4. The van der Waals surface area contributed by atoms with E-state index in [0.29, 0.717) is 11.6 Å². The predicted octanol–water partition coefficient (Wildman–Crippen LogP) is 0.962. The summed E-state index contributed by atoms with van der Waals surface area (Å²) in [5.74, 6) is 0.616. The summed E-state index contributed by atoms with van der Waals surface area (Å²) in [5, 5.41) is 7.39. The fourth-order valence-electron chi connectivity index (χ4n) is 1.75. The zero-order valence-electron chi connectivity index (χ0n) is 7.54. The van der Waals surface area contributed by atoms with Gasteiger partial charge in [-0.25, -0.2) is 4.39 Å². The number of alkyl halides is 1. The largest absolute Gasteiger partial charge is 0.316 e. The molecule has 1 aromatic heterocycles. The first-order valence-electron chi connectivity index (χ1n) is 4.67. The Morgan fingerprint density at radius 2 is 2.62 bits per heavy atom. The summed E-state index contributed by atoms with van der Waals surface area (Å²) in [5.41, 5.74) is 0.687. The van der Waals surface area contributed by atoms with E-state index in [9.17, 15) is 4.39 Å². The molecule has 1 saturated heterocycles. The minimum Gasteiger partial charge on any atom is -0.316 e. The topological polar surface area (TPSA) is 29.9 Å². The van der Waals surface area contributed by atoms with Gasteiger partial charge in [0.25, 0.3) is 0 Å². The van der Waals surface area contributed by atoms with Crippen molar-refractivity contribution in [1.29, 1.82) is 0 Å². The van der Waals surface area contributed by atoms with E-state index in [1.54, 1.807) is 16.9 Å². The van der Waals surface area contributed by atoms with Crippen molar-refractivity contribution in [3.8, 4) is 0 Å². The van der Waals surface area contributed by atoms with Crippen LogP contribution in [0.5, 0.6) is 0 Å². The third-order valence-electron chi connectivity index (χ3n) is 2.53. The molecule has 0 amide bonds. The number of nitrogens with zero attached hydrogens (tertiary/aromatic N) is 2. The normalized spacial score (nSPS) is 22.4. The third kappa shape index (κ3) is 1.88. The molecule has 2 rings (SSSR count). The van der Waals surface area contributed by atoms with E-state index in [1.165, 1.54) is 6.42 Å². The van der Waals surface area contributed by atoms with Gasteiger partial charge in [-0.2, -0.15) is 5.10 Å². The number of hydrogen-bond donors (Lipinski definition) is 1. The number of rotatable bonds is 3. The highest BCUT2D eigenvalue weighted by Gasteiger charge is 2.16. The highest BCUT2D eigenvalue weighted by molar-refractivity contribution is 4.98. The summed E-state index contributed by atoms with van der Waals surface area (Å²) >= 11 is 0. The molecule has 0 bridgehead atoms. The van der Waals surface area contributed by atoms with Gasteiger partial charge in [0.15, 0.2) is 0 Å². The first-order chi connectivity index (χ1) is 6.40. The average molecular weight is 183 g/mol. The minimum atomic E-state index is -0.417. The predicted molar refractivity (Wildman–Crippen MR) is 48.0 cm³/mol. The lowest BCUT2D eigenvalue weighted by atomic mass is 10.1. The molecular weight excluding hydrogens is 169 g/mol. The maximum atomic E-state index is 12.4. The first-order valence-corrected chi connectivity index (χ1v) is 4.67. The lowest BCUT2D eigenvalue weighted by Crippen LogP contribution is -2.16. The van der Waals surface area contributed by atoms with Crippen LogP contribution in [0.4, 0.5) is 4.39 Å². The SMILES string of the molecule is FCc1ccnn1CC1CCNC1. The Hall–Kier alpha value is -0.900. The van der Waals surface area contributed by atoms with Gasteiger partial charge in [0, 0.05) is 12.7 Å². The Labute approximate surface area is 76.9 Å². The molecule has 0 saturated carbocycles. The molecule has 13 heavy (non-hydrogen) atoms. The molecule has 0 aliphatic carbocycles. The van der Waals surface area contributed by atoms with Crippen molar-refractivity contribution >= 4 is 0 Å². The third-order valence-corrected chi connectivity index (χ3v) is 2.53. The van der Waals surface area contributed by atoms with Crippen LogP contribution in [0.25, 0.3) is 0 Å². The van der Waals surface area contributed by atoms with Gasteiger partial charge in [0.2, 0.25) is 0 Å². The second-order valence-corrected chi connectivity index (χ2v) is 3.50. The molecule has 1 aliphatic heterocycles. The Morgan fingerprint density at radius 3 is 3.31 bits per heavy atom. The van der Waals surface area contributed by atoms with Crippen molar-refractivity contribution in [1.82, 2.24) is 15.1 Å². The Kier molecular flexibility index (Phi) is 2.59. The molecule has 0 aromatic carbocycles. The van der Waals surface area contributed by atoms with Crippen molar-refractivity contribution in [3.05, 3.63) is 18.0 Å².